The van der Waals surface area contributed by atoms with Crippen molar-refractivity contribution in [1.29, 1.82) is 0 Å². The average Bonchev–Trinajstić information content (AvgIpc) is 2.54. The summed E-state index contributed by atoms with van der Waals surface area (Å²) in [4.78, 5) is 24.0. The van der Waals surface area contributed by atoms with Crippen molar-refractivity contribution in [2.45, 2.75) is 19.8 Å². The molecule has 4 nitrogen and oxygen atoms in total. The highest BCUT2D eigenvalue weighted by Gasteiger charge is 2.15. The van der Waals surface area contributed by atoms with Crippen LogP contribution in [0.3, 0.4) is 0 Å². The number of ether oxygens (including phenoxy) is 1. The van der Waals surface area contributed by atoms with Crippen molar-refractivity contribution in [3.8, 4) is 0 Å². The summed E-state index contributed by atoms with van der Waals surface area (Å²) in [5.74, 6) is -0.748. The molecule has 2 rings (SSSR count). The maximum atomic E-state index is 12.1. The topological polar surface area (TPSA) is 55.4 Å². The molecule has 2 aromatic carbocycles. The Morgan fingerprint density at radius 1 is 1.21 bits per heavy atom. The molecule has 0 unspecified atom stereocenters. The molecule has 0 bridgehead atoms. The number of rotatable bonds is 5. The zero-order chi connectivity index (χ0) is 17.7. The molecule has 0 aromatic heterocycles. The van der Waals surface area contributed by atoms with Crippen LogP contribution in [0.5, 0.6) is 0 Å². The van der Waals surface area contributed by atoms with E-state index in [1.165, 1.54) is 0 Å². The molecule has 6 heteroatoms. The molecule has 24 heavy (non-hydrogen) atoms. The van der Waals surface area contributed by atoms with Gasteiger partial charge < -0.3 is 10.1 Å². The first-order valence-corrected chi connectivity index (χ1v) is 8.85. The van der Waals surface area contributed by atoms with Gasteiger partial charge in [0.25, 0.3) is 5.91 Å². The highest BCUT2D eigenvalue weighted by atomic mass is 127. The molecule has 0 saturated carbocycles. The fraction of sp³-hybridized carbons (Fsp3) is 0.222. The third kappa shape index (κ3) is 4.95. The molecule has 1 N–H and O–H groups in total. The Hall–Kier alpha value is -1.60. The third-order valence-corrected chi connectivity index (χ3v) is 4.34. The van der Waals surface area contributed by atoms with Crippen LogP contribution in [0, 0.1) is 3.57 Å². The van der Waals surface area contributed by atoms with Gasteiger partial charge in [0.15, 0.2) is 6.61 Å². The molecule has 0 aliphatic heterocycles. The molecule has 0 aliphatic rings. The molecule has 0 aliphatic carbocycles. The van der Waals surface area contributed by atoms with E-state index in [2.05, 4.69) is 41.8 Å². The van der Waals surface area contributed by atoms with Crippen LogP contribution >= 0.6 is 34.2 Å². The highest BCUT2D eigenvalue weighted by Crippen LogP contribution is 2.26. The molecule has 0 heterocycles. The summed E-state index contributed by atoms with van der Waals surface area (Å²) in [7, 11) is 0. The molecule has 0 saturated heterocycles. The van der Waals surface area contributed by atoms with Crippen LogP contribution in [-0.4, -0.2) is 18.5 Å². The minimum absolute atomic E-state index is 0.240. The number of halogens is 2. The van der Waals surface area contributed by atoms with E-state index in [0.717, 1.165) is 14.8 Å². The van der Waals surface area contributed by atoms with E-state index in [1.807, 2.05) is 18.2 Å². The van der Waals surface area contributed by atoms with Gasteiger partial charge in [-0.15, -0.1) is 0 Å². The summed E-state index contributed by atoms with van der Waals surface area (Å²) in [6.45, 7) is 3.74. The van der Waals surface area contributed by atoms with Gasteiger partial charge in [-0.3, -0.25) is 4.79 Å². The van der Waals surface area contributed by atoms with Crippen LogP contribution in [0.15, 0.2) is 42.5 Å². The summed E-state index contributed by atoms with van der Waals surface area (Å²) in [6.07, 6.45) is 0. The van der Waals surface area contributed by atoms with E-state index >= 15 is 0 Å². The van der Waals surface area contributed by atoms with Gasteiger partial charge in [-0.2, -0.15) is 0 Å². The standard InChI is InChI=1S/C18H17ClINO3/c1-11(2)14-9-12(20)7-8-16(14)21-17(22)10-24-18(23)13-5-3-4-6-15(13)19/h3-9,11H,10H2,1-2H3,(H,21,22). The minimum atomic E-state index is -0.623. The fourth-order valence-corrected chi connectivity index (χ4v) is 2.88. The van der Waals surface area contributed by atoms with Gasteiger partial charge in [0.2, 0.25) is 0 Å². The molecule has 126 valence electrons. The largest absolute Gasteiger partial charge is 0.452 e. The number of carbonyl (C=O) groups excluding carboxylic acids is 2. The van der Waals surface area contributed by atoms with Crippen LogP contribution in [-0.2, 0) is 9.53 Å². The van der Waals surface area contributed by atoms with E-state index in [0.29, 0.717) is 5.02 Å². The zero-order valence-electron chi connectivity index (χ0n) is 13.3. The second-order valence-electron chi connectivity index (χ2n) is 5.49. The van der Waals surface area contributed by atoms with Crippen molar-refractivity contribution in [2.75, 3.05) is 11.9 Å². The molecule has 0 spiro atoms. The predicted octanol–water partition coefficient (Wildman–Crippen LogP) is 4.86. The number of anilines is 1. The smallest absolute Gasteiger partial charge is 0.340 e. The van der Waals surface area contributed by atoms with E-state index in [-0.39, 0.29) is 18.1 Å². The number of carbonyl (C=O) groups is 2. The van der Waals surface area contributed by atoms with Gasteiger partial charge in [-0.1, -0.05) is 37.6 Å². The Kier molecular flexibility index (Phi) is 6.62. The monoisotopic (exact) mass is 457 g/mol. The average molecular weight is 458 g/mol. The Balaban J connectivity index is 1.99. The summed E-state index contributed by atoms with van der Waals surface area (Å²) >= 11 is 8.16. The Morgan fingerprint density at radius 2 is 1.92 bits per heavy atom. The SMILES string of the molecule is CC(C)c1cc(I)ccc1NC(=O)COC(=O)c1ccccc1Cl. The van der Waals surface area contributed by atoms with Gasteiger partial charge in [-0.25, -0.2) is 4.79 Å². The quantitative estimate of drug-likeness (QED) is 0.515. The molecule has 0 atom stereocenters. The summed E-state index contributed by atoms with van der Waals surface area (Å²) in [5.41, 5.74) is 2.00. The van der Waals surface area contributed by atoms with Crippen LogP contribution in [0.2, 0.25) is 5.02 Å². The zero-order valence-corrected chi connectivity index (χ0v) is 16.2. The normalized spacial score (nSPS) is 10.5. The number of benzene rings is 2. The lowest BCUT2D eigenvalue weighted by molar-refractivity contribution is -0.119. The van der Waals surface area contributed by atoms with Crippen molar-refractivity contribution in [3.05, 3.63) is 62.2 Å². The van der Waals surface area contributed by atoms with Crippen LogP contribution in [0.4, 0.5) is 5.69 Å². The van der Waals surface area contributed by atoms with Crippen LogP contribution in [0.1, 0.15) is 35.7 Å². The van der Waals surface area contributed by atoms with Gasteiger partial charge >= 0.3 is 5.97 Å². The van der Waals surface area contributed by atoms with Gasteiger partial charge in [0.05, 0.1) is 10.6 Å². The first-order valence-electron chi connectivity index (χ1n) is 7.39. The van der Waals surface area contributed by atoms with Gasteiger partial charge in [-0.05, 0) is 64.4 Å². The van der Waals surface area contributed by atoms with Crippen molar-refractivity contribution < 1.29 is 14.3 Å². The summed E-state index contributed by atoms with van der Waals surface area (Å²) in [6, 6.07) is 12.3. The molecular weight excluding hydrogens is 441 g/mol. The first-order chi connectivity index (χ1) is 11.4. The fourth-order valence-electron chi connectivity index (χ4n) is 2.15. The molecule has 0 radical (unpaired) electrons. The first kappa shape index (κ1) is 18.7. The molecule has 1 amide bonds. The van der Waals surface area contributed by atoms with E-state index < -0.39 is 11.9 Å². The van der Waals surface area contributed by atoms with Crippen LogP contribution in [0.25, 0.3) is 0 Å². The van der Waals surface area contributed by atoms with E-state index in [1.54, 1.807) is 24.3 Å². The lowest BCUT2D eigenvalue weighted by Gasteiger charge is -2.14. The van der Waals surface area contributed by atoms with Crippen molar-refractivity contribution in [3.63, 3.8) is 0 Å². The predicted molar refractivity (Wildman–Crippen MR) is 104 cm³/mol. The number of esters is 1. The summed E-state index contributed by atoms with van der Waals surface area (Å²) < 4.78 is 6.13. The van der Waals surface area contributed by atoms with E-state index in [9.17, 15) is 9.59 Å². The maximum Gasteiger partial charge on any atom is 0.340 e. The third-order valence-electron chi connectivity index (χ3n) is 3.34. The number of nitrogens with one attached hydrogen (secondary N) is 1. The van der Waals surface area contributed by atoms with Gasteiger partial charge in [0.1, 0.15) is 0 Å². The molecular formula is C18H17ClINO3. The second kappa shape index (κ2) is 8.48. The van der Waals surface area contributed by atoms with Gasteiger partial charge in [0, 0.05) is 9.26 Å². The Morgan fingerprint density at radius 3 is 2.58 bits per heavy atom. The maximum absolute atomic E-state index is 12.1. The molecule has 2 aromatic rings. The summed E-state index contributed by atoms with van der Waals surface area (Å²) in [5, 5.41) is 3.08. The van der Waals surface area contributed by atoms with Crippen molar-refractivity contribution in [1.82, 2.24) is 0 Å². The Bertz CT molecular complexity index is 762. The van der Waals surface area contributed by atoms with Crippen LogP contribution < -0.4 is 5.32 Å². The lowest BCUT2D eigenvalue weighted by Crippen LogP contribution is -2.21. The lowest BCUT2D eigenvalue weighted by atomic mass is 10.0. The number of hydrogen-bond acceptors (Lipinski definition) is 3. The van der Waals surface area contributed by atoms with E-state index in [4.69, 9.17) is 16.3 Å². The number of hydrogen-bond donors (Lipinski definition) is 1. The van der Waals surface area contributed by atoms with Crippen molar-refractivity contribution in [2.24, 2.45) is 0 Å². The highest BCUT2D eigenvalue weighted by molar-refractivity contribution is 14.1. The number of amides is 1. The van der Waals surface area contributed by atoms with Crippen molar-refractivity contribution >= 4 is 51.8 Å². The minimum Gasteiger partial charge on any atom is -0.452 e. The molecule has 0 fully saturated rings. The Labute approximate surface area is 159 Å². The second-order valence-corrected chi connectivity index (χ2v) is 7.14.